The van der Waals surface area contributed by atoms with Crippen molar-refractivity contribution in [2.24, 2.45) is 0 Å². The monoisotopic (exact) mass is 236 g/mol. The molecule has 0 radical (unpaired) electrons. The summed E-state index contributed by atoms with van der Waals surface area (Å²) in [5.74, 6) is 0.814. The van der Waals surface area contributed by atoms with Gasteiger partial charge in [-0.15, -0.1) is 0 Å². The van der Waals surface area contributed by atoms with Crippen LogP contribution in [-0.4, -0.2) is 11.4 Å². The number of rotatable bonds is 2. The second-order valence-electron chi connectivity index (χ2n) is 3.97. The lowest BCUT2D eigenvalue weighted by Gasteiger charge is -2.35. The molecular weight excluding hydrogens is 212 g/mol. The van der Waals surface area contributed by atoms with Crippen LogP contribution in [0.5, 0.6) is 0 Å². The summed E-state index contributed by atoms with van der Waals surface area (Å²) < 4.78 is 5.83. The highest BCUT2D eigenvalue weighted by Crippen LogP contribution is 2.34. The summed E-state index contributed by atoms with van der Waals surface area (Å²) >= 11 is 0. The molecule has 1 fully saturated rings. The summed E-state index contributed by atoms with van der Waals surface area (Å²) in [6.07, 6.45) is 6.44. The van der Waals surface area contributed by atoms with Gasteiger partial charge in [-0.05, 0) is 32.4 Å². The predicted molar refractivity (Wildman–Crippen MR) is 72.8 cm³/mol. The Kier molecular flexibility index (Phi) is 6.55. The van der Waals surface area contributed by atoms with E-state index in [0.717, 1.165) is 6.42 Å². The van der Waals surface area contributed by atoms with Gasteiger partial charge in [0.2, 0.25) is 0 Å². The van der Waals surface area contributed by atoms with Gasteiger partial charge in [0.05, 0.1) is 12.0 Å². The molecule has 1 saturated heterocycles. The molecule has 0 aromatic heterocycles. The fourth-order valence-electron chi connectivity index (χ4n) is 1.63. The van der Waals surface area contributed by atoms with Crippen molar-refractivity contribution in [2.45, 2.75) is 53.1 Å². The largest absolute Gasteiger partial charge is 0.487 e. The average molecular weight is 236 g/mol. The lowest BCUT2D eigenvalue weighted by molar-refractivity contribution is -0.124. The molecule has 0 N–H and O–H groups in total. The second-order valence-corrected chi connectivity index (χ2v) is 3.97. The molecule has 96 valence electrons. The lowest BCUT2D eigenvalue weighted by atomic mass is 9.88. The minimum absolute atomic E-state index is 0.138. The highest BCUT2D eigenvalue weighted by molar-refractivity contribution is 6.00. The molecule has 1 heterocycles. The molecule has 0 saturated carbocycles. The van der Waals surface area contributed by atoms with Crippen LogP contribution >= 0.6 is 0 Å². The fourth-order valence-corrected chi connectivity index (χ4v) is 1.63. The van der Waals surface area contributed by atoms with Crippen LogP contribution in [0.25, 0.3) is 0 Å². The lowest BCUT2D eigenvalue weighted by Crippen LogP contribution is -2.36. The van der Waals surface area contributed by atoms with Gasteiger partial charge in [-0.25, -0.2) is 0 Å². The minimum Gasteiger partial charge on any atom is -0.487 e. The summed E-state index contributed by atoms with van der Waals surface area (Å²) in [4.78, 5) is 11.9. The van der Waals surface area contributed by atoms with Gasteiger partial charge in [-0.3, -0.25) is 4.79 Å². The number of hydrogen-bond acceptors (Lipinski definition) is 2. The third-order valence-electron chi connectivity index (χ3n) is 2.75. The van der Waals surface area contributed by atoms with Crippen LogP contribution in [0.2, 0.25) is 0 Å². The van der Waals surface area contributed by atoms with Crippen molar-refractivity contribution in [2.75, 3.05) is 0 Å². The van der Waals surface area contributed by atoms with Crippen LogP contribution in [0.3, 0.4) is 0 Å². The molecule has 0 aliphatic carbocycles. The van der Waals surface area contributed by atoms with Crippen LogP contribution in [-0.2, 0) is 9.53 Å². The topological polar surface area (TPSA) is 26.3 Å². The summed E-state index contributed by atoms with van der Waals surface area (Å²) in [5, 5.41) is 0. The van der Waals surface area contributed by atoms with Crippen molar-refractivity contribution in [1.82, 2.24) is 0 Å². The van der Waals surface area contributed by atoms with Crippen molar-refractivity contribution in [1.29, 1.82) is 0 Å². The normalized spacial score (nSPS) is 28.4. The van der Waals surface area contributed by atoms with E-state index in [1.807, 2.05) is 40.7 Å². The van der Waals surface area contributed by atoms with Gasteiger partial charge < -0.3 is 4.74 Å². The zero-order chi connectivity index (χ0) is 13.5. The SMILES string of the molecule is C=C/C=C1/C(=O)CC(C)(CC)O/C1=C/C.CC. The molecule has 0 amide bonds. The van der Waals surface area contributed by atoms with Gasteiger partial charge in [-0.1, -0.05) is 33.4 Å². The second kappa shape index (κ2) is 7.10. The Morgan fingerprint density at radius 3 is 2.47 bits per heavy atom. The summed E-state index contributed by atoms with van der Waals surface area (Å²) in [6, 6.07) is 0. The van der Waals surface area contributed by atoms with Crippen molar-refractivity contribution >= 4 is 5.78 Å². The molecular formula is C15H24O2. The maximum atomic E-state index is 11.9. The molecule has 1 aliphatic heterocycles. The number of ether oxygens (including phenoxy) is 1. The summed E-state index contributed by atoms with van der Waals surface area (Å²) in [5.41, 5.74) is 0.288. The van der Waals surface area contributed by atoms with Gasteiger partial charge >= 0.3 is 0 Å². The molecule has 0 spiro atoms. The first-order valence-corrected chi connectivity index (χ1v) is 6.28. The smallest absolute Gasteiger partial charge is 0.170 e. The summed E-state index contributed by atoms with van der Waals surface area (Å²) in [6.45, 7) is 13.5. The molecule has 1 unspecified atom stereocenters. The highest BCUT2D eigenvalue weighted by atomic mass is 16.5. The molecule has 0 aromatic carbocycles. The van der Waals surface area contributed by atoms with Gasteiger partial charge in [-0.2, -0.15) is 0 Å². The van der Waals surface area contributed by atoms with E-state index >= 15 is 0 Å². The van der Waals surface area contributed by atoms with E-state index in [4.69, 9.17) is 4.74 Å². The average Bonchev–Trinajstić information content (AvgIpc) is 2.35. The number of carbonyl (C=O) groups is 1. The van der Waals surface area contributed by atoms with Crippen LogP contribution in [0.4, 0.5) is 0 Å². The first-order valence-electron chi connectivity index (χ1n) is 6.28. The Balaban J connectivity index is 0.00000121. The Labute approximate surface area is 105 Å². The van der Waals surface area contributed by atoms with Crippen LogP contribution in [0, 0.1) is 0 Å². The first kappa shape index (κ1) is 15.7. The van der Waals surface area contributed by atoms with E-state index in [1.54, 1.807) is 12.2 Å². The standard InChI is InChI=1S/C13H18O2.C2H6/c1-5-8-10-11(14)9-13(4,7-3)15-12(10)6-2;1-2/h5-6,8H,1,7,9H2,2-4H3;1-2H3/b10-8-,12-6+;. The van der Waals surface area contributed by atoms with Gasteiger partial charge in [0, 0.05) is 0 Å². The number of hydrogen-bond donors (Lipinski definition) is 0. The molecule has 2 heteroatoms. The fraction of sp³-hybridized carbons (Fsp3) is 0.533. The van der Waals surface area contributed by atoms with E-state index in [-0.39, 0.29) is 11.4 Å². The quantitative estimate of drug-likeness (QED) is 0.672. The van der Waals surface area contributed by atoms with Crippen molar-refractivity contribution in [3.63, 3.8) is 0 Å². The highest BCUT2D eigenvalue weighted by Gasteiger charge is 2.36. The van der Waals surface area contributed by atoms with Crippen molar-refractivity contribution in [3.05, 3.63) is 36.1 Å². The number of ketones is 1. The summed E-state index contributed by atoms with van der Waals surface area (Å²) in [7, 11) is 0. The van der Waals surface area contributed by atoms with Gasteiger partial charge in [0.25, 0.3) is 0 Å². The van der Waals surface area contributed by atoms with E-state index < -0.39 is 0 Å². The van der Waals surface area contributed by atoms with E-state index in [1.165, 1.54) is 0 Å². The Hall–Kier alpha value is -1.31. The van der Waals surface area contributed by atoms with E-state index in [0.29, 0.717) is 17.8 Å². The minimum atomic E-state index is -0.350. The molecule has 0 aromatic rings. The zero-order valence-electron chi connectivity index (χ0n) is 11.7. The van der Waals surface area contributed by atoms with Crippen LogP contribution in [0.1, 0.15) is 47.5 Å². The Bertz CT molecular complexity index is 337. The number of Topliss-reactive ketones (excluding diaryl/α,β-unsaturated/α-hetero) is 1. The molecule has 0 bridgehead atoms. The molecule has 17 heavy (non-hydrogen) atoms. The number of allylic oxidation sites excluding steroid dienone is 4. The third kappa shape index (κ3) is 3.88. The molecule has 1 atom stereocenters. The van der Waals surface area contributed by atoms with Gasteiger partial charge in [0.15, 0.2) is 5.78 Å². The van der Waals surface area contributed by atoms with Crippen molar-refractivity contribution < 1.29 is 9.53 Å². The molecule has 1 rings (SSSR count). The molecule has 2 nitrogen and oxygen atoms in total. The third-order valence-corrected chi connectivity index (χ3v) is 2.75. The van der Waals surface area contributed by atoms with Crippen molar-refractivity contribution in [3.8, 4) is 0 Å². The number of carbonyl (C=O) groups excluding carboxylic acids is 1. The van der Waals surface area contributed by atoms with Crippen LogP contribution in [0.15, 0.2) is 36.1 Å². The predicted octanol–water partition coefficient (Wildman–Crippen LogP) is 4.19. The first-order chi connectivity index (χ1) is 8.06. The van der Waals surface area contributed by atoms with E-state index in [9.17, 15) is 4.79 Å². The van der Waals surface area contributed by atoms with E-state index in [2.05, 4.69) is 6.58 Å². The van der Waals surface area contributed by atoms with Crippen LogP contribution < -0.4 is 0 Å². The maximum absolute atomic E-state index is 11.9. The van der Waals surface area contributed by atoms with Gasteiger partial charge in [0.1, 0.15) is 11.4 Å². The maximum Gasteiger partial charge on any atom is 0.170 e. The Morgan fingerprint density at radius 2 is 2.06 bits per heavy atom. The Morgan fingerprint density at radius 1 is 1.47 bits per heavy atom. The molecule has 1 aliphatic rings. The zero-order valence-corrected chi connectivity index (χ0v) is 11.7.